The minimum absolute atomic E-state index is 0.135. The number of rotatable bonds is 8. The van der Waals surface area contributed by atoms with E-state index in [1.807, 2.05) is 30.3 Å². The Bertz CT molecular complexity index is 906. The van der Waals surface area contributed by atoms with Crippen molar-refractivity contribution in [1.82, 2.24) is 10.3 Å². The third-order valence-corrected chi connectivity index (χ3v) is 4.01. The molecular weight excluding hydrogens is 332 g/mol. The minimum atomic E-state index is -0.625. The van der Waals surface area contributed by atoms with E-state index in [0.717, 1.165) is 22.2 Å². The van der Waals surface area contributed by atoms with Crippen molar-refractivity contribution in [1.29, 1.82) is 0 Å². The zero-order valence-electron chi connectivity index (χ0n) is 14.6. The molecule has 0 amide bonds. The summed E-state index contributed by atoms with van der Waals surface area (Å²) in [5.74, 6) is 1.47. The van der Waals surface area contributed by atoms with Gasteiger partial charge in [-0.1, -0.05) is 12.1 Å². The van der Waals surface area contributed by atoms with Crippen LogP contribution in [0.15, 0.2) is 59.4 Å². The lowest BCUT2D eigenvalue weighted by molar-refractivity contribution is 0.106. The summed E-state index contributed by atoms with van der Waals surface area (Å²) >= 11 is 0. The molecule has 136 valence electrons. The Morgan fingerprint density at radius 3 is 2.62 bits per heavy atom. The Morgan fingerprint density at radius 2 is 1.85 bits per heavy atom. The van der Waals surface area contributed by atoms with Crippen molar-refractivity contribution in [2.75, 3.05) is 20.3 Å². The van der Waals surface area contributed by atoms with Crippen LogP contribution in [0.2, 0.25) is 0 Å². The molecule has 1 aromatic heterocycles. The molecule has 6 heteroatoms. The Labute approximate surface area is 151 Å². The molecule has 0 spiro atoms. The van der Waals surface area contributed by atoms with Gasteiger partial charge in [-0.15, -0.1) is 0 Å². The normalized spacial score (nSPS) is 12.1. The van der Waals surface area contributed by atoms with Crippen molar-refractivity contribution in [2.24, 2.45) is 0 Å². The molecular formula is C20H22N2O4. The number of aromatic amines is 1. The van der Waals surface area contributed by atoms with Crippen LogP contribution in [-0.2, 0) is 6.54 Å². The van der Waals surface area contributed by atoms with Crippen LogP contribution in [0.25, 0.3) is 10.9 Å². The number of aromatic nitrogens is 1. The maximum Gasteiger partial charge on any atom is 0.248 e. The van der Waals surface area contributed by atoms with Crippen LogP contribution in [0.3, 0.4) is 0 Å². The number of H-pyrrole nitrogens is 1. The Morgan fingerprint density at radius 1 is 1.08 bits per heavy atom. The van der Waals surface area contributed by atoms with Crippen molar-refractivity contribution >= 4 is 10.9 Å². The highest BCUT2D eigenvalue weighted by atomic mass is 16.5. The Hall–Kier alpha value is -2.83. The smallest absolute Gasteiger partial charge is 0.248 e. The highest BCUT2D eigenvalue weighted by molar-refractivity contribution is 5.79. The highest BCUT2D eigenvalue weighted by Crippen LogP contribution is 2.18. The first kappa shape index (κ1) is 18.0. The molecule has 2 aromatic carbocycles. The molecule has 26 heavy (non-hydrogen) atoms. The van der Waals surface area contributed by atoms with Crippen LogP contribution in [0.1, 0.15) is 5.56 Å². The number of aliphatic hydroxyl groups excluding tert-OH is 1. The first-order valence-corrected chi connectivity index (χ1v) is 8.41. The van der Waals surface area contributed by atoms with Crippen molar-refractivity contribution < 1.29 is 14.6 Å². The summed E-state index contributed by atoms with van der Waals surface area (Å²) in [6.45, 7) is 1.27. The monoisotopic (exact) mass is 354 g/mol. The van der Waals surface area contributed by atoms with Gasteiger partial charge >= 0.3 is 0 Å². The van der Waals surface area contributed by atoms with E-state index in [1.54, 1.807) is 25.3 Å². The molecule has 1 heterocycles. The lowest BCUT2D eigenvalue weighted by atomic mass is 10.2. The third kappa shape index (κ3) is 4.84. The molecule has 0 bridgehead atoms. The summed E-state index contributed by atoms with van der Waals surface area (Å²) in [5.41, 5.74) is 1.73. The van der Waals surface area contributed by atoms with E-state index in [4.69, 9.17) is 9.47 Å². The fourth-order valence-electron chi connectivity index (χ4n) is 2.60. The van der Waals surface area contributed by atoms with Gasteiger partial charge in [0.2, 0.25) is 5.56 Å². The summed E-state index contributed by atoms with van der Waals surface area (Å²) < 4.78 is 10.8. The molecule has 3 aromatic rings. The number of hydrogen-bond acceptors (Lipinski definition) is 5. The van der Waals surface area contributed by atoms with Gasteiger partial charge in [0.25, 0.3) is 0 Å². The first-order chi connectivity index (χ1) is 12.6. The number of pyridine rings is 1. The Balaban J connectivity index is 1.45. The van der Waals surface area contributed by atoms with Gasteiger partial charge in [0, 0.05) is 30.1 Å². The number of ether oxygens (including phenoxy) is 2. The van der Waals surface area contributed by atoms with Crippen molar-refractivity contribution in [2.45, 2.75) is 12.6 Å². The average molecular weight is 354 g/mol. The number of aliphatic hydroxyl groups is 1. The maximum absolute atomic E-state index is 11.3. The highest BCUT2D eigenvalue weighted by Gasteiger charge is 2.06. The van der Waals surface area contributed by atoms with E-state index in [9.17, 15) is 9.90 Å². The topological polar surface area (TPSA) is 83.6 Å². The fraction of sp³-hybridized carbons (Fsp3) is 0.250. The predicted octanol–water partition coefficient (Wildman–Crippen LogP) is 2.07. The van der Waals surface area contributed by atoms with Crippen LogP contribution in [-0.4, -0.2) is 36.5 Å². The van der Waals surface area contributed by atoms with E-state index in [0.29, 0.717) is 18.8 Å². The van der Waals surface area contributed by atoms with E-state index in [1.165, 1.54) is 6.07 Å². The van der Waals surface area contributed by atoms with Gasteiger partial charge < -0.3 is 24.9 Å². The summed E-state index contributed by atoms with van der Waals surface area (Å²) in [6.07, 6.45) is -0.625. The quantitative estimate of drug-likeness (QED) is 0.577. The number of benzene rings is 2. The molecule has 3 rings (SSSR count). The van der Waals surface area contributed by atoms with Crippen molar-refractivity contribution in [3.05, 3.63) is 70.5 Å². The molecule has 0 radical (unpaired) electrons. The summed E-state index contributed by atoms with van der Waals surface area (Å²) in [4.78, 5) is 14.0. The van der Waals surface area contributed by atoms with Crippen LogP contribution < -0.4 is 20.3 Å². The van der Waals surface area contributed by atoms with Crippen molar-refractivity contribution in [3.8, 4) is 11.5 Å². The van der Waals surface area contributed by atoms with Gasteiger partial charge in [0.05, 0.1) is 7.11 Å². The molecule has 0 fully saturated rings. The Kier molecular flexibility index (Phi) is 5.88. The van der Waals surface area contributed by atoms with Crippen LogP contribution >= 0.6 is 0 Å². The molecule has 0 saturated carbocycles. The SMILES string of the molecule is COc1ccc(CNCC(O)COc2ccc3[nH]c(=O)ccc3c2)cc1. The second kappa shape index (κ2) is 8.51. The van der Waals surface area contributed by atoms with E-state index >= 15 is 0 Å². The minimum Gasteiger partial charge on any atom is -0.497 e. The fourth-order valence-corrected chi connectivity index (χ4v) is 2.60. The molecule has 1 atom stereocenters. The van der Waals surface area contributed by atoms with Crippen LogP contribution in [0.4, 0.5) is 0 Å². The van der Waals surface area contributed by atoms with Gasteiger partial charge in [-0.3, -0.25) is 4.79 Å². The summed E-state index contributed by atoms with van der Waals surface area (Å²) in [6, 6.07) is 16.4. The molecule has 0 aliphatic heterocycles. The zero-order valence-corrected chi connectivity index (χ0v) is 14.6. The van der Waals surface area contributed by atoms with E-state index in [-0.39, 0.29) is 12.2 Å². The third-order valence-electron chi connectivity index (χ3n) is 4.01. The zero-order chi connectivity index (χ0) is 18.4. The van der Waals surface area contributed by atoms with Gasteiger partial charge in [0.15, 0.2) is 0 Å². The van der Waals surface area contributed by atoms with Gasteiger partial charge in [0.1, 0.15) is 24.2 Å². The molecule has 0 aliphatic carbocycles. The van der Waals surface area contributed by atoms with Crippen molar-refractivity contribution in [3.63, 3.8) is 0 Å². The maximum atomic E-state index is 11.3. The van der Waals surface area contributed by atoms with Gasteiger partial charge in [-0.05, 0) is 42.0 Å². The molecule has 0 aliphatic rings. The van der Waals surface area contributed by atoms with Gasteiger partial charge in [-0.2, -0.15) is 0 Å². The predicted molar refractivity (Wildman–Crippen MR) is 101 cm³/mol. The largest absolute Gasteiger partial charge is 0.497 e. The second-order valence-corrected chi connectivity index (χ2v) is 6.02. The van der Waals surface area contributed by atoms with Gasteiger partial charge in [-0.25, -0.2) is 0 Å². The van der Waals surface area contributed by atoms with Crippen LogP contribution in [0, 0.1) is 0 Å². The van der Waals surface area contributed by atoms with E-state index in [2.05, 4.69) is 10.3 Å². The summed E-state index contributed by atoms with van der Waals surface area (Å²) in [7, 11) is 1.64. The first-order valence-electron chi connectivity index (χ1n) is 8.41. The number of methoxy groups -OCH3 is 1. The molecule has 3 N–H and O–H groups in total. The molecule has 6 nitrogen and oxygen atoms in total. The molecule has 0 saturated heterocycles. The number of hydrogen-bond donors (Lipinski definition) is 3. The lowest BCUT2D eigenvalue weighted by Gasteiger charge is -2.14. The number of nitrogens with one attached hydrogen (secondary N) is 2. The van der Waals surface area contributed by atoms with Crippen LogP contribution in [0.5, 0.6) is 11.5 Å². The second-order valence-electron chi connectivity index (χ2n) is 6.02. The van der Waals surface area contributed by atoms with E-state index < -0.39 is 6.10 Å². The lowest BCUT2D eigenvalue weighted by Crippen LogP contribution is -2.31. The standard InChI is InChI=1S/C20H22N2O4/c1-25-17-5-2-14(3-6-17)11-21-12-16(23)13-26-18-7-8-19-15(10-18)4-9-20(24)22-19/h2-10,16,21,23H,11-13H2,1H3,(H,22,24). The average Bonchev–Trinajstić information content (AvgIpc) is 2.67. The number of fused-ring (bicyclic) bond motifs is 1. The summed E-state index contributed by atoms with van der Waals surface area (Å²) in [5, 5.41) is 14.1. The molecule has 1 unspecified atom stereocenters.